The second-order valence-corrected chi connectivity index (χ2v) is 9.12. The smallest absolute Gasteiger partial charge is 0.254 e. The average molecular weight is 477 g/mol. The number of benzene rings is 2. The van der Waals surface area contributed by atoms with E-state index in [4.69, 9.17) is 0 Å². The molecule has 0 spiro atoms. The molecular weight excluding hydrogens is 446 g/mol. The Balaban J connectivity index is 1.44. The summed E-state index contributed by atoms with van der Waals surface area (Å²) >= 11 is 0. The Morgan fingerprint density at radius 2 is 1.89 bits per heavy atom. The standard InChI is InChI=1S/C28H30F2N4O/c1-18-8-9-23(15-31-18)21(4)32-27-14-26(30)13-24(20(27)3)17-33-10-11-34(19(2)16-33)28(35)22-6-5-7-25(29)12-22/h5-9,12-15,19,32H,4,10-11,16-17H2,1-3H3/t19-/m0/s1. The lowest BCUT2D eigenvalue weighted by molar-refractivity contribution is 0.0474. The largest absolute Gasteiger partial charge is 0.355 e. The second kappa shape index (κ2) is 10.4. The monoisotopic (exact) mass is 476 g/mol. The topological polar surface area (TPSA) is 48.5 Å². The van der Waals surface area contributed by atoms with Crippen molar-refractivity contribution >= 4 is 17.3 Å². The lowest BCUT2D eigenvalue weighted by atomic mass is 10.0. The van der Waals surface area contributed by atoms with Crippen LogP contribution in [0.25, 0.3) is 5.70 Å². The summed E-state index contributed by atoms with van der Waals surface area (Å²) in [4.78, 5) is 21.2. The molecule has 1 atom stereocenters. The molecule has 3 aromatic rings. The summed E-state index contributed by atoms with van der Waals surface area (Å²) in [5, 5.41) is 3.24. The van der Waals surface area contributed by atoms with E-state index in [0.717, 1.165) is 22.4 Å². The number of carbonyl (C=O) groups is 1. The van der Waals surface area contributed by atoms with E-state index in [0.29, 0.717) is 43.1 Å². The van der Waals surface area contributed by atoms with Gasteiger partial charge in [0.15, 0.2) is 0 Å². The van der Waals surface area contributed by atoms with Gasteiger partial charge in [0.05, 0.1) is 0 Å². The third-order valence-corrected chi connectivity index (χ3v) is 6.46. The Morgan fingerprint density at radius 3 is 2.57 bits per heavy atom. The molecule has 0 aliphatic carbocycles. The maximum Gasteiger partial charge on any atom is 0.254 e. The van der Waals surface area contributed by atoms with Crippen LogP contribution in [-0.4, -0.2) is 46.4 Å². The van der Waals surface area contributed by atoms with Gasteiger partial charge in [-0.3, -0.25) is 14.7 Å². The van der Waals surface area contributed by atoms with Gasteiger partial charge < -0.3 is 10.2 Å². The SMILES string of the molecule is C=C(Nc1cc(F)cc(CN2CCN(C(=O)c3cccc(F)c3)[C@@H](C)C2)c1C)c1ccc(C)nc1. The summed E-state index contributed by atoms with van der Waals surface area (Å²) in [5.74, 6) is -0.917. The molecule has 1 fully saturated rings. The number of anilines is 1. The molecule has 1 aliphatic rings. The van der Waals surface area contributed by atoms with Crippen LogP contribution in [-0.2, 0) is 6.54 Å². The highest BCUT2D eigenvalue weighted by molar-refractivity contribution is 5.94. The highest BCUT2D eigenvalue weighted by atomic mass is 19.1. The van der Waals surface area contributed by atoms with E-state index in [1.165, 1.54) is 18.2 Å². The number of amides is 1. The van der Waals surface area contributed by atoms with Gasteiger partial charge in [0.1, 0.15) is 11.6 Å². The zero-order valence-corrected chi connectivity index (χ0v) is 20.3. The number of aryl methyl sites for hydroxylation is 1. The molecule has 0 radical (unpaired) electrons. The van der Waals surface area contributed by atoms with E-state index in [1.807, 2.05) is 32.9 Å². The third kappa shape index (κ3) is 5.74. The minimum absolute atomic E-state index is 0.0557. The number of aromatic nitrogens is 1. The van der Waals surface area contributed by atoms with Gasteiger partial charge in [-0.15, -0.1) is 0 Å². The first-order valence-electron chi connectivity index (χ1n) is 11.7. The first kappa shape index (κ1) is 24.5. The van der Waals surface area contributed by atoms with Gasteiger partial charge in [0, 0.05) is 66.6 Å². The van der Waals surface area contributed by atoms with Crippen molar-refractivity contribution in [3.05, 3.63) is 101 Å². The predicted octanol–water partition coefficient (Wildman–Crippen LogP) is 5.41. The van der Waals surface area contributed by atoms with E-state index in [2.05, 4.69) is 21.8 Å². The number of carbonyl (C=O) groups excluding carboxylic acids is 1. The fraction of sp³-hybridized carbons (Fsp3) is 0.286. The molecule has 35 heavy (non-hydrogen) atoms. The number of rotatable bonds is 6. The molecule has 1 amide bonds. The summed E-state index contributed by atoms with van der Waals surface area (Å²) in [6.07, 6.45) is 1.74. The molecule has 1 aliphatic heterocycles. The molecule has 1 saturated heterocycles. The molecule has 2 aromatic carbocycles. The van der Waals surface area contributed by atoms with Gasteiger partial charge in [-0.25, -0.2) is 8.78 Å². The first-order chi connectivity index (χ1) is 16.7. The van der Waals surface area contributed by atoms with Gasteiger partial charge in [-0.05, 0) is 74.4 Å². The molecule has 0 unspecified atom stereocenters. The predicted molar refractivity (Wildman–Crippen MR) is 135 cm³/mol. The number of hydrogen-bond donors (Lipinski definition) is 1. The van der Waals surface area contributed by atoms with Crippen LogP contribution in [0.4, 0.5) is 14.5 Å². The highest BCUT2D eigenvalue weighted by Gasteiger charge is 2.28. The van der Waals surface area contributed by atoms with Gasteiger partial charge >= 0.3 is 0 Å². The minimum Gasteiger partial charge on any atom is -0.355 e. The molecule has 182 valence electrons. The van der Waals surface area contributed by atoms with Crippen molar-refractivity contribution in [2.45, 2.75) is 33.4 Å². The number of halogens is 2. The van der Waals surface area contributed by atoms with Crippen molar-refractivity contribution in [2.24, 2.45) is 0 Å². The summed E-state index contributed by atoms with van der Waals surface area (Å²) in [6.45, 7) is 12.3. The number of hydrogen-bond acceptors (Lipinski definition) is 4. The molecule has 1 N–H and O–H groups in total. The van der Waals surface area contributed by atoms with Crippen molar-refractivity contribution in [3.8, 4) is 0 Å². The van der Waals surface area contributed by atoms with Crippen LogP contribution >= 0.6 is 0 Å². The van der Waals surface area contributed by atoms with Crippen LogP contribution in [0, 0.1) is 25.5 Å². The van der Waals surface area contributed by atoms with Crippen LogP contribution in [0.3, 0.4) is 0 Å². The van der Waals surface area contributed by atoms with Gasteiger partial charge in [0.25, 0.3) is 5.91 Å². The van der Waals surface area contributed by atoms with E-state index in [-0.39, 0.29) is 17.8 Å². The van der Waals surface area contributed by atoms with Crippen molar-refractivity contribution in [2.75, 3.05) is 25.0 Å². The second-order valence-electron chi connectivity index (χ2n) is 9.12. The van der Waals surface area contributed by atoms with E-state index in [1.54, 1.807) is 29.3 Å². The summed E-state index contributed by atoms with van der Waals surface area (Å²) in [5.41, 5.74) is 5.24. The molecular formula is C28H30F2N4O. The fourth-order valence-corrected chi connectivity index (χ4v) is 4.42. The molecule has 5 nitrogen and oxygen atoms in total. The zero-order chi connectivity index (χ0) is 25.1. The van der Waals surface area contributed by atoms with Crippen molar-refractivity contribution < 1.29 is 13.6 Å². The molecule has 4 rings (SSSR count). The van der Waals surface area contributed by atoms with Crippen molar-refractivity contribution in [3.63, 3.8) is 0 Å². The van der Waals surface area contributed by atoms with Gasteiger partial charge in [0.2, 0.25) is 0 Å². The van der Waals surface area contributed by atoms with Crippen molar-refractivity contribution in [1.82, 2.24) is 14.8 Å². The van der Waals surface area contributed by atoms with Crippen LogP contribution in [0.5, 0.6) is 0 Å². The van der Waals surface area contributed by atoms with Crippen LogP contribution in [0.2, 0.25) is 0 Å². The lowest BCUT2D eigenvalue weighted by Crippen LogP contribution is -2.53. The van der Waals surface area contributed by atoms with Crippen LogP contribution in [0.1, 0.15) is 39.7 Å². The van der Waals surface area contributed by atoms with Crippen molar-refractivity contribution in [1.29, 1.82) is 0 Å². The van der Waals surface area contributed by atoms with Crippen LogP contribution in [0.15, 0.2) is 61.3 Å². The number of nitrogens with one attached hydrogen (secondary N) is 1. The van der Waals surface area contributed by atoms with E-state index < -0.39 is 5.82 Å². The maximum atomic E-state index is 14.5. The summed E-state index contributed by atoms with van der Waals surface area (Å²) in [7, 11) is 0. The average Bonchev–Trinajstić information content (AvgIpc) is 2.82. The summed E-state index contributed by atoms with van der Waals surface area (Å²) < 4.78 is 28.1. The van der Waals surface area contributed by atoms with Gasteiger partial charge in [-0.2, -0.15) is 0 Å². The highest BCUT2D eigenvalue weighted by Crippen LogP contribution is 2.27. The van der Waals surface area contributed by atoms with Crippen LogP contribution < -0.4 is 5.32 Å². The third-order valence-electron chi connectivity index (χ3n) is 6.46. The fourth-order valence-electron chi connectivity index (χ4n) is 4.42. The van der Waals surface area contributed by atoms with E-state index in [9.17, 15) is 13.6 Å². The Labute approximate surface area is 205 Å². The zero-order valence-electron chi connectivity index (χ0n) is 20.3. The normalized spacial score (nSPS) is 16.3. The molecule has 0 bridgehead atoms. The Bertz CT molecular complexity index is 1240. The van der Waals surface area contributed by atoms with E-state index >= 15 is 0 Å². The molecule has 7 heteroatoms. The number of nitrogens with zero attached hydrogens (tertiary/aromatic N) is 3. The maximum absolute atomic E-state index is 14.5. The summed E-state index contributed by atoms with van der Waals surface area (Å²) in [6, 6.07) is 12.6. The molecule has 0 saturated carbocycles. The Kier molecular flexibility index (Phi) is 7.26. The number of piperazine rings is 1. The quantitative estimate of drug-likeness (QED) is 0.517. The number of pyridine rings is 1. The lowest BCUT2D eigenvalue weighted by Gasteiger charge is -2.40. The minimum atomic E-state index is -0.422. The molecule has 2 heterocycles. The Hall–Kier alpha value is -3.58. The van der Waals surface area contributed by atoms with Gasteiger partial charge in [-0.1, -0.05) is 12.6 Å². The first-order valence-corrected chi connectivity index (χ1v) is 11.7. The Morgan fingerprint density at radius 1 is 1.09 bits per heavy atom. The molecule has 1 aromatic heterocycles.